The molecule has 0 spiro atoms. The minimum Gasteiger partial charge on any atom is -0.503 e. The Hall–Kier alpha value is -7.01. The third-order valence-electron chi connectivity index (χ3n) is 11.4. The van der Waals surface area contributed by atoms with Gasteiger partial charge in [0.05, 0.1) is 5.69 Å². The second-order valence-corrected chi connectivity index (χ2v) is 18.5. The Balaban J connectivity index is 0.00000433. The maximum atomic E-state index is 6.55. The third-order valence-corrected chi connectivity index (χ3v) is 16.3. The van der Waals surface area contributed by atoms with Crippen LogP contribution in [-0.4, -0.2) is 17.6 Å². The van der Waals surface area contributed by atoms with Crippen LogP contribution >= 0.6 is 0 Å². The summed E-state index contributed by atoms with van der Waals surface area (Å²) in [5.41, 5.74) is 7.94. The van der Waals surface area contributed by atoms with Gasteiger partial charge < -0.3 is 19.2 Å². The number of fused-ring (bicyclic) bond motifs is 6. The zero-order valence-corrected chi connectivity index (χ0v) is 34.9. The van der Waals surface area contributed by atoms with E-state index < -0.39 is 8.07 Å². The molecular formula is C53H36N4OPdSi-2. The van der Waals surface area contributed by atoms with Crippen LogP contribution < -0.4 is 35.0 Å². The minimum absolute atomic E-state index is 0. The average molecular weight is 879 g/mol. The first-order valence-electron chi connectivity index (χ1n) is 19.7. The molecule has 0 N–H and O–H groups in total. The topological polar surface area (TPSA) is 34.2 Å². The van der Waals surface area contributed by atoms with E-state index in [1.165, 1.54) is 26.4 Å². The number of benzene rings is 7. The van der Waals surface area contributed by atoms with Gasteiger partial charge in [-0.25, -0.2) is 0 Å². The van der Waals surface area contributed by atoms with E-state index in [4.69, 9.17) is 4.74 Å². The molecule has 0 atom stereocenters. The van der Waals surface area contributed by atoms with Crippen molar-refractivity contribution in [3.05, 3.63) is 226 Å². The molecule has 0 bridgehead atoms. The number of rotatable bonds is 7. The van der Waals surface area contributed by atoms with E-state index in [2.05, 4.69) is 179 Å². The Morgan fingerprint density at radius 1 is 0.567 bits per heavy atom. The van der Waals surface area contributed by atoms with Crippen LogP contribution in [-0.2, 0) is 20.4 Å². The molecule has 0 saturated heterocycles. The second-order valence-electron chi connectivity index (χ2n) is 14.7. The van der Waals surface area contributed by atoms with Crippen LogP contribution in [0.2, 0.25) is 0 Å². The van der Waals surface area contributed by atoms with Gasteiger partial charge >= 0.3 is 0 Å². The molecule has 3 aromatic heterocycles. The summed E-state index contributed by atoms with van der Waals surface area (Å²) in [4.78, 5) is 7.01. The predicted molar refractivity (Wildman–Crippen MR) is 241 cm³/mol. The first-order chi connectivity index (χ1) is 29.2. The molecule has 11 rings (SSSR count). The number of hydrogen-bond donors (Lipinski definition) is 0. The van der Waals surface area contributed by atoms with Gasteiger partial charge in [0.2, 0.25) is 0 Å². The van der Waals surface area contributed by atoms with Crippen molar-refractivity contribution in [1.29, 1.82) is 0 Å². The third kappa shape index (κ3) is 5.90. The van der Waals surface area contributed by atoms with Gasteiger partial charge in [-0.3, -0.25) is 4.57 Å². The van der Waals surface area contributed by atoms with Crippen molar-refractivity contribution in [2.24, 2.45) is 0 Å². The van der Waals surface area contributed by atoms with E-state index in [9.17, 15) is 0 Å². The van der Waals surface area contributed by atoms with Crippen molar-refractivity contribution in [3.63, 3.8) is 0 Å². The van der Waals surface area contributed by atoms with Crippen molar-refractivity contribution < 1.29 is 29.7 Å². The van der Waals surface area contributed by atoms with E-state index in [0.717, 1.165) is 50.3 Å². The van der Waals surface area contributed by atoms with Gasteiger partial charge in [0.25, 0.3) is 0 Å². The summed E-state index contributed by atoms with van der Waals surface area (Å²) in [6, 6.07) is 76.0. The predicted octanol–water partition coefficient (Wildman–Crippen LogP) is 9.32. The van der Waals surface area contributed by atoms with Crippen LogP contribution in [0.5, 0.6) is 11.5 Å². The maximum absolute atomic E-state index is 6.55. The number of nitrogens with zero attached hydrogens (tertiary/aromatic N) is 4. The van der Waals surface area contributed by atoms with Crippen LogP contribution in [0.1, 0.15) is 0 Å². The molecule has 5 nitrogen and oxygen atoms in total. The van der Waals surface area contributed by atoms with Gasteiger partial charge in [-0.2, -0.15) is 6.07 Å². The largest absolute Gasteiger partial charge is 0.503 e. The monoisotopic (exact) mass is 878 g/mol. The number of hydrogen-bond acceptors (Lipinski definition) is 3. The van der Waals surface area contributed by atoms with Crippen LogP contribution in [0.3, 0.4) is 0 Å². The average Bonchev–Trinajstić information content (AvgIpc) is 3.65. The van der Waals surface area contributed by atoms with Gasteiger partial charge in [0.15, 0.2) is 19.2 Å². The fourth-order valence-electron chi connectivity index (χ4n) is 9.08. The smallest absolute Gasteiger partial charge is 0.190 e. The van der Waals surface area contributed by atoms with E-state index in [1.807, 2.05) is 59.3 Å². The van der Waals surface area contributed by atoms with Crippen LogP contribution in [0.4, 0.5) is 17.1 Å². The molecule has 1 aliphatic rings. The molecule has 0 fully saturated rings. The fraction of sp³-hybridized carbons (Fsp3) is 0. The Labute approximate surface area is 364 Å². The molecule has 290 valence electrons. The first kappa shape index (κ1) is 37.3. The van der Waals surface area contributed by atoms with Gasteiger partial charge in [-0.05, 0) is 64.0 Å². The van der Waals surface area contributed by atoms with E-state index in [1.54, 1.807) is 6.20 Å². The standard InChI is InChI=1S/C53H36N4OSi.Pd/c1-55-35-17-28-46-45-32-33-50-52(51(45)57(53(46)55)40-21-16-23-42(37-40)58-41-22-15-18-38(36-41)47-29-13-14-34-54-47)56(39-19-5-2-6-20-39)48-30-11-12-31-49(48)59(50,43-24-7-3-8-25-43)44-26-9-4-10-27-44;/h2-35H,1H2;/q-2;. The van der Waals surface area contributed by atoms with E-state index in [-0.39, 0.29) is 20.4 Å². The van der Waals surface area contributed by atoms with Crippen molar-refractivity contribution >= 4 is 67.8 Å². The molecule has 0 saturated carbocycles. The Bertz CT molecular complexity index is 3120. The summed E-state index contributed by atoms with van der Waals surface area (Å²) in [5.74, 6) is 1.16. The molecule has 60 heavy (non-hydrogen) atoms. The summed E-state index contributed by atoms with van der Waals surface area (Å²) in [7, 11) is 1.57. The Kier molecular flexibility index (Phi) is 9.50. The second kappa shape index (κ2) is 15.3. The van der Waals surface area contributed by atoms with Crippen molar-refractivity contribution in [2.45, 2.75) is 0 Å². The summed E-state index contributed by atoms with van der Waals surface area (Å²) in [6.07, 6.45) is 3.80. The molecule has 0 radical (unpaired) electrons. The molecule has 7 aromatic carbocycles. The first-order valence-corrected chi connectivity index (χ1v) is 21.7. The summed E-state index contributed by atoms with van der Waals surface area (Å²) >= 11 is 0. The minimum atomic E-state index is -2.97. The molecule has 1 aliphatic heterocycles. The van der Waals surface area contributed by atoms with Crippen LogP contribution in [0.25, 0.3) is 38.9 Å². The van der Waals surface area contributed by atoms with Crippen LogP contribution in [0.15, 0.2) is 207 Å². The van der Waals surface area contributed by atoms with Gasteiger partial charge in [-0.15, -0.1) is 35.9 Å². The summed E-state index contributed by atoms with van der Waals surface area (Å²) < 4.78 is 10.9. The van der Waals surface area contributed by atoms with Gasteiger partial charge in [0.1, 0.15) is 0 Å². The van der Waals surface area contributed by atoms with Crippen molar-refractivity contribution in [2.75, 3.05) is 4.90 Å². The molecule has 7 heteroatoms. The number of pyridine rings is 2. The van der Waals surface area contributed by atoms with E-state index >= 15 is 0 Å². The molecule has 0 amide bonds. The SMILES string of the molecule is [CH2-][n+]1cccc2c3ccc4c(c3n(-c3[c-]c(Oc5[c-]c(-c6ccccn6)ccc5)ccc3)c21)N(c1ccccc1)c1ccccc1[Si]4(c1ccccc1)c1ccccc1.[Pd]. The van der Waals surface area contributed by atoms with Crippen molar-refractivity contribution in [1.82, 2.24) is 9.55 Å². The normalized spacial score (nSPS) is 12.7. The zero-order valence-electron chi connectivity index (χ0n) is 32.4. The molecule has 10 aromatic rings. The Morgan fingerprint density at radius 3 is 1.97 bits per heavy atom. The quantitative estimate of drug-likeness (QED) is 0.0910. The molecule has 4 heterocycles. The summed E-state index contributed by atoms with van der Waals surface area (Å²) in [6.45, 7) is 0. The number of para-hydroxylation sites is 2. The van der Waals surface area contributed by atoms with E-state index in [0.29, 0.717) is 11.5 Å². The molecule has 0 aliphatic carbocycles. The molecule has 0 unspecified atom stereocenters. The number of ether oxygens (including phenoxy) is 1. The van der Waals surface area contributed by atoms with Crippen molar-refractivity contribution in [3.8, 4) is 28.4 Å². The summed E-state index contributed by atoms with van der Waals surface area (Å²) in [5, 5.41) is 7.51. The fourth-order valence-corrected chi connectivity index (χ4v) is 14.2. The van der Waals surface area contributed by atoms with Gasteiger partial charge in [0, 0.05) is 66.0 Å². The Morgan fingerprint density at radius 2 is 1.23 bits per heavy atom. The zero-order chi connectivity index (χ0) is 39.3. The van der Waals surface area contributed by atoms with Gasteiger partial charge in [-0.1, -0.05) is 146 Å². The number of aromatic nitrogens is 3. The maximum Gasteiger partial charge on any atom is 0.190 e. The molecular weight excluding hydrogens is 843 g/mol. The number of anilines is 3. The van der Waals surface area contributed by atoms with Crippen LogP contribution in [0, 0.1) is 19.2 Å².